The van der Waals surface area contributed by atoms with Crippen LogP contribution >= 0.6 is 0 Å². The second-order valence-electron chi connectivity index (χ2n) is 9.21. The SMILES string of the molecule is CCCCCCCCC1(CCCCCCCC)c2ccccc2-c2ccccc21.[PoH2]. The van der Waals surface area contributed by atoms with Crippen LogP contribution < -0.4 is 0 Å². The third-order valence-corrected chi connectivity index (χ3v) is 7.09. The maximum absolute atomic E-state index is 2.43. The summed E-state index contributed by atoms with van der Waals surface area (Å²) < 4.78 is 0. The minimum atomic E-state index is 0. The summed E-state index contributed by atoms with van der Waals surface area (Å²) >= 11 is 0. The third-order valence-electron chi connectivity index (χ3n) is 7.09. The van der Waals surface area contributed by atoms with Crippen LogP contribution in [0.2, 0.25) is 0 Å². The standard InChI is InChI=1S/C29H42.Po.2H/c1-3-5-7-9-11-17-23-29(24-18-12-10-8-6-4-2)27-21-15-13-19-25(27)26-20-14-16-22-28(26)29;;;/h13-16,19-22H,3-12,17-18,23-24H2,1-2H3;;;. The van der Waals surface area contributed by atoms with Crippen molar-refractivity contribution in [1.82, 2.24) is 0 Å². The zero-order valence-electron chi connectivity index (χ0n) is 19.5. The summed E-state index contributed by atoms with van der Waals surface area (Å²) in [7, 11) is 0. The second kappa shape index (κ2) is 13.7. The first-order valence-electron chi connectivity index (χ1n) is 12.5. The van der Waals surface area contributed by atoms with E-state index >= 15 is 0 Å². The van der Waals surface area contributed by atoms with Gasteiger partial charge in [0.1, 0.15) is 0 Å². The van der Waals surface area contributed by atoms with Crippen LogP contribution in [0.15, 0.2) is 48.5 Å². The van der Waals surface area contributed by atoms with Gasteiger partial charge in [-0.3, -0.25) is 0 Å². The molecule has 0 unspecified atom stereocenters. The third kappa shape index (κ3) is 6.19. The molecule has 1 aliphatic carbocycles. The molecule has 0 aromatic heterocycles. The topological polar surface area (TPSA) is 0 Å². The van der Waals surface area contributed by atoms with Crippen LogP contribution in [-0.4, -0.2) is 26.6 Å². The van der Waals surface area contributed by atoms with Gasteiger partial charge in [-0.25, -0.2) is 0 Å². The van der Waals surface area contributed by atoms with E-state index in [1.165, 1.54) is 101 Å². The molecule has 30 heavy (non-hydrogen) atoms. The number of unbranched alkanes of at least 4 members (excludes halogenated alkanes) is 10. The molecular formula is C29H44Po. The van der Waals surface area contributed by atoms with Gasteiger partial charge in [-0.1, -0.05) is 139 Å². The molecule has 0 heterocycles. The minimum absolute atomic E-state index is 0. The van der Waals surface area contributed by atoms with E-state index in [1.54, 1.807) is 11.1 Å². The van der Waals surface area contributed by atoms with Gasteiger partial charge in [0.05, 0.1) is 0 Å². The zero-order valence-corrected chi connectivity index (χ0v) is 23.4. The van der Waals surface area contributed by atoms with E-state index in [1.807, 2.05) is 0 Å². The van der Waals surface area contributed by atoms with Crippen molar-refractivity contribution in [2.75, 3.05) is 0 Å². The van der Waals surface area contributed by atoms with Crippen LogP contribution in [0.3, 0.4) is 0 Å². The summed E-state index contributed by atoms with van der Waals surface area (Å²) in [5.41, 5.74) is 6.48. The molecule has 0 amide bonds. The van der Waals surface area contributed by atoms with Gasteiger partial charge < -0.3 is 0 Å². The molecular weight excluding hydrogens is 557 g/mol. The van der Waals surface area contributed by atoms with E-state index in [0.29, 0.717) is 0 Å². The average molecular weight is 602 g/mol. The molecule has 166 valence electrons. The van der Waals surface area contributed by atoms with Crippen molar-refractivity contribution in [3.05, 3.63) is 59.7 Å². The van der Waals surface area contributed by atoms with Crippen molar-refractivity contribution in [3.8, 4) is 11.1 Å². The number of rotatable bonds is 14. The summed E-state index contributed by atoms with van der Waals surface area (Å²) in [5, 5.41) is 0. The first-order valence-corrected chi connectivity index (χ1v) is 12.5. The molecule has 2 aromatic rings. The predicted octanol–water partition coefficient (Wildman–Crippen LogP) is 8.54. The van der Waals surface area contributed by atoms with Gasteiger partial charge in [0, 0.05) is 5.41 Å². The Bertz CT molecular complexity index is 669. The van der Waals surface area contributed by atoms with Gasteiger partial charge in [-0.15, -0.1) is 0 Å². The molecule has 1 heteroatoms. The van der Waals surface area contributed by atoms with Crippen LogP contribution in [0.5, 0.6) is 0 Å². The van der Waals surface area contributed by atoms with Crippen LogP contribution in [0.1, 0.15) is 115 Å². The monoisotopic (exact) mass is 601 g/mol. The zero-order chi connectivity index (χ0) is 20.4. The summed E-state index contributed by atoms with van der Waals surface area (Å²) in [6.45, 7) is 4.61. The Morgan fingerprint density at radius 2 is 0.867 bits per heavy atom. The van der Waals surface area contributed by atoms with Crippen molar-refractivity contribution in [1.29, 1.82) is 0 Å². The van der Waals surface area contributed by atoms with Gasteiger partial charge >= 0.3 is 26.6 Å². The Kier molecular flexibility index (Phi) is 11.7. The van der Waals surface area contributed by atoms with E-state index in [2.05, 4.69) is 62.4 Å². The number of fused-ring (bicyclic) bond motifs is 3. The van der Waals surface area contributed by atoms with Gasteiger partial charge in [0.25, 0.3) is 0 Å². The van der Waals surface area contributed by atoms with Gasteiger partial charge in [-0.05, 0) is 35.1 Å². The van der Waals surface area contributed by atoms with Gasteiger partial charge in [0.2, 0.25) is 0 Å². The molecule has 0 spiro atoms. The number of benzene rings is 2. The molecule has 0 nitrogen and oxygen atoms in total. The fourth-order valence-electron chi connectivity index (χ4n) is 5.49. The van der Waals surface area contributed by atoms with Crippen molar-refractivity contribution >= 4 is 26.6 Å². The normalized spacial score (nSPS) is 13.5. The molecule has 0 atom stereocenters. The molecule has 3 rings (SSSR count). The molecule has 0 radical (unpaired) electrons. The summed E-state index contributed by atoms with van der Waals surface area (Å²) in [6.07, 6.45) is 19.3. The molecule has 0 N–H and O–H groups in total. The maximum atomic E-state index is 2.43. The van der Waals surface area contributed by atoms with Crippen LogP contribution in [-0.2, 0) is 5.41 Å². The molecule has 0 fully saturated rings. The van der Waals surface area contributed by atoms with E-state index < -0.39 is 0 Å². The fourth-order valence-corrected chi connectivity index (χ4v) is 5.49. The van der Waals surface area contributed by atoms with E-state index in [-0.39, 0.29) is 32.0 Å². The Morgan fingerprint density at radius 1 is 0.500 bits per heavy atom. The summed E-state index contributed by atoms with van der Waals surface area (Å²) in [6, 6.07) is 18.6. The fraction of sp³-hybridized carbons (Fsp3) is 0.586. The Morgan fingerprint density at radius 3 is 1.30 bits per heavy atom. The Hall–Kier alpha value is -0.664. The van der Waals surface area contributed by atoms with Crippen molar-refractivity contribution in [3.63, 3.8) is 0 Å². The Balaban J connectivity index is 0.00000320. The second-order valence-corrected chi connectivity index (χ2v) is 9.21. The summed E-state index contributed by atoms with van der Waals surface area (Å²) in [4.78, 5) is 0. The van der Waals surface area contributed by atoms with E-state index in [9.17, 15) is 0 Å². The van der Waals surface area contributed by atoms with Crippen molar-refractivity contribution in [2.45, 2.75) is 109 Å². The predicted molar refractivity (Wildman–Crippen MR) is 137 cm³/mol. The van der Waals surface area contributed by atoms with Gasteiger partial charge in [-0.2, -0.15) is 0 Å². The quantitative estimate of drug-likeness (QED) is 0.191. The van der Waals surface area contributed by atoms with Gasteiger partial charge in [0.15, 0.2) is 0 Å². The Labute approximate surface area is 205 Å². The molecule has 0 bridgehead atoms. The number of hydrogen-bond acceptors (Lipinski definition) is 0. The number of hydrogen-bond donors (Lipinski definition) is 0. The van der Waals surface area contributed by atoms with Crippen LogP contribution in [0, 0.1) is 0 Å². The molecule has 0 aliphatic heterocycles. The molecule has 0 saturated heterocycles. The van der Waals surface area contributed by atoms with Crippen LogP contribution in [0.4, 0.5) is 0 Å². The van der Waals surface area contributed by atoms with Crippen molar-refractivity contribution < 1.29 is 0 Å². The summed E-state index contributed by atoms with van der Waals surface area (Å²) in [5.74, 6) is 0. The van der Waals surface area contributed by atoms with E-state index in [4.69, 9.17) is 0 Å². The molecule has 1 aliphatic rings. The van der Waals surface area contributed by atoms with Crippen LogP contribution in [0.25, 0.3) is 11.1 Å². The van der Waals surface area contributed by atoms with Crippen molar-refractivity contribution in [2.24, 2.45) is 0 Å². The first-order chi connectivity index (χ1) is 14.3. The molecule has 0 saturated carbocycles. The average Bonchev–Trinajstić information content (AvgIpc) is 3.04. The van der Waals surface area contributed by atoms with E-state index in [0.717, 1.165) is 0 Å². The first kappa shape index (κ1) is 25.6. The molecule has 2 aromatic carbocycles.